The third-order valence-corrected chi connectivity index (χ3v) is 6.57. The Morgan fingerprint density at radius 1 is 0.929 bits per heavy atom. The van der Waals surface area contributed by atoms with E-state index in [0.717, 1.165) is 25.9 Å². The number of carbonyl (C=O) groups excluding carboxylic acids is 1. The van der Waals surface area contributed by atoms with Crippen molar-refractivity contribution in [3.63, 3.8) is 0 Å². The van der Waals surface area contributed by atoms with E-state index in [1.807, 2.05) is 24.5 Å². The number of hydrogen-bond donors (Lipinski definition) is 0. The van der Waals surface area contributed by atoms with Gasteiger partial charge >= 0.3 is 0 Å². The molecule has 0 radical (unpaired) electrons. The minimum Gasteiger partial charge on any atom is -0.338 e. The summed E-state index contributed by atoms with van der Waals surface area (Å²) in [7, 11) is 0. The number of carbonyl (C=O) groups is 1. The number of likely N-dealkylation sites (tertiary alicyclic amines) is 2. The first kappa shape index (κ1) is 19.1. The Hall–Kier alpha value is -2.20. The topological polar surface area (TPSA) is 36.4 Å². The summed E-state index contributed by atoms with van der Waals surface area (Å²) >= 11 is 0. The molecule has 4 heteroatoms. The van der Waals surface area contributed by atoms with Crippen molar-refractivity contribution in [2.24, 2.45) is 5.41 Å². The number of hydrogen-bond acceptors (Lipinski definition) is 3. The maximum atomic E-state index is 12.5. The van der Waals surface area contributed by atoms with Crippen molar-refractivity contribution in [3.05, 3.63) is 66.0 Å². The molecule has 0 unspecified atom stereocenters. The first-order valence-corrected chi connectivity index (χ1v) is 10.7. The highest BCUT2D eigenvalue weighted by Crippen LogP contribution is 2.40. The van der Waals surface area contributed by atoms with E-state index in [1.165, 1.54) is 50.0 Å². The number of benzene rings is 1. The molecule has 2 aliphatic heterocycles. The molecule has 0 aliphatic carbocycles. The number of aryl methyl sites for hydroxylation is 1. The maximum Gasteiger partial charge on any atom is 0.222 e. The molecule has 0 saturated carbocycles. The van der Waals surface area contributed by atoms with E-state index in [2.05, 4.69) is 45.1 Å². The molecule has 2 aliphatic rings. The van der Waals surface area contributed by atoms with Gasteiger partial charge in [0.1, 0.15) is 0 Å². The van der Waals surface area contributed by atoms with Crippen molar-refractivity contribution in [1.82, 2.24) is 14.8 Å². The number of nitrogens with zero attached hydrogens (tertiary/aromatic N) is 3. The van der Waals surface area contributed by atoms with Gasteiger partial charge in [-0.3, -0.25) is 9.78 Å². The highest BCUT2D eigenvalue weighted by atomic mass is 16.2. The first-order chi connectivity index (χ1) is 13.7. The van der Waals surface area contributed by atoms with Crippen LogP contribution in [0.1, 0.15) is 43.2 Å². The molecule has 2 aromatic rings. The van der Waals surface area contributed by atoms with Gasteiger partial charge in [0.2, 0.25) is 5.91 Å². The SMILES string of the molecule is O=C1CCC2(CCN(CCCc3ccccc3)CC2)CN1Cc1ccncc1. The molecule has 148 valence electrons. The van der Waals surface area contributed by atoms with Crippen molar-refractivity contribution in [2.45, 2.75) is 45.1 Å². The van der Waals surface area contributed by atoms with Crippen LogP contribution in [0, 0.1) is 5.41 Å². The summed E-state index contributed by atoms with van der Waals surface area (Å²) in [6.45, 7) is 5.18. The van der Waals surface area contributed by atoms with Gasteiger partial charge in [-0.2, -0.15) is 0 Å². The molecule has 1 amide bonds. The van der Waals surface area contributed by atoms with Crippen LogP contribution in [-0.4, -0.2) is 46.9 Å². The van der Waals surface area contributed by atoms with Gasteiger partial charge in [0.05, 0.1) is 0 Å². The lowest BCUT2D eigenvalue weighted by atomic mass is 9.72. The highest BCUT2D eigenvalue weighted by molar-refractivity contribution is 5.77. The zero-order chi connectivity index (χ0) is 19.2. The number of aromatic nitrogens is 1. The van der Waals surface area contributed by atoms with Crippen LogP contribution in [0.2, 0.25) is 0 Å². The third-order valence-electron chi connectivity index (χ3n) is 6.57. The van der Waals surface area contributed by atoms with Gasteiger partial charge in [-0.1, -0.05) is 30.3 Å². The monoisotopic (exact) mass is 377 g/mol. The van der Waals surface area contributed by atoms with E-state index >= 15 is 0 Å². The Balaban J connectivity index is 1.26. The predicted octanol–water partition coefficient (Wildman–Crippen LogP) is 3.92. The number of piperidine rings is 2. The van der Waals surface area contributed by atoms with Gasteiger partial charge in [-0.05, 0) is 80.4 Å². The molecule has 2 fully saturated rings. The van der Waals surface area contributed by atoms with E-state index in [9.17, 15) is 4.79 Å². The summed E-state index contributed by atoms with van der Waals surface area (Å²) in [6.07, 6.45) is 10.2. The van der Waals surface area contributed by atoms with Gasteiger partial charge in [0, 0.05) is 31.9 Å². The second kappa shape index (κ2) is 8.87. The fourth-order valence-corrected chi connectivity index (χ4v) is 4.77. The summed E-state index contributed by atoms with van der Waals surface area (Å²) in [6, 6.07) is 14.8. The van der Waals surface area contributed by atoms with Crippen molar-refractivity contribution in [1.29, 1.82) is 0 Å². The molecule has 2 saturated heterocycles. The summed E-state index contributed by atoms with van der Waals surface area (Å²) in [5.74, 6) is 0.313. The van der Waals surface area contributed by atoms with Crippen LogP contribution in [0.5, 0.6) is 0 Å². The van der Waals surface area contributed by atoms with E-state index in [1.54, 1.807) is 0 Å². The average Bonchev–Trinajstić information content (AvgIpc) is 2.74. The average molecular weight is 378 g/mol. The highest BCUT2D eigenvalue weighted by Gasteiger charge is 2.40. The molecule has 1 aromatic heterocycles. The summed E-state index contributed by atoms with van der Waals surface area (Å²) in [5, 5.41) is 0. The molecule has 28 heavy (non-hydrogen) atoms. The third kappa shape index (κ3) is 4.79. The molecule has 0 atom stereocenters. The molecule has 0 N–H and O–H groups in total. The Morgan fingerprint density at radius 2 is 1.68 bits per heavy atom. The van der Waals surface area contributed by atoms with Gasteiger partial charge in [0.15, 0.2) is 0 Å². The second-order valence-electron chi connectivity index (χ2n) is 8.54. The van der Waals surface area contributed by atoms with Crippen molar-refractivity contribution < 1.29 is 4.79 Å². The van der Waals surface area contributed by atoms with Crippen LogP contribution in [0.25, 0.3) is 0 Å². The van der Waals surface area contributed by atoms with Gasteiger partial charge in [-0.25, -0.2) is 0 Å². The molecular formula is C24H31N3O. The van der Waals surface area contributed by atoms with Crippen LogP contribution in [0.3, 0.4) is 0 Å². The van der Waals surface area contributed by atoms with Crippen LogP contribution in [0.15, 0.2) is 54.9 Å². The number of rotatable bonds is 6. The molecule has 0 bridgehead atoms. The van der Waals surface area contributed by atoms with E-state index in [0.29, 0.717) is 17.7 Å². The molecule has 1 spiro atoms. The summed E-state index contributed by atoms with van der Waals surface area (Å²) in [5.41, 5.74) is 2.95. The van der Waals surface area contributed by atoms with Crippen LogP contribution in [0.4, 0.5) is 0 Å². The smallest absolute Gasteiger partial charge is 0.222 e. The van der Waals surface area contributed by atoms with E-state index < -0.39 is 0 Å². The molecule has 3 heterocycles. The minimum atomic E-state index is 0.313. The Kier molecular flexibility index (Phi) is 6.06. The first-order valence-electron chi connectivity index (χ1n) is 10.7. The summed E-state index contributed by atoms with van der Waals surface area (Å²) < 4.78 is 0. The normalized spacial score (nSPS) is 19.9. The quantitative estimate of drug-likeness (QED) is 0.766. The largest absolute Gasteiger partial charge is 0.338 e. The Morgan fingerprint density at radius 3 is 2.43 bits per heavy atom. The van der Waals surface area contributed by atoms with Crippen LogP contribution >= 0.6 is 0 Å². The van der Waals surface area contributed by atoms with Crippen molar-refractivity contribution in [3.8, 4) is 0 Å². The van der Waals surface area contributed by atoms with Gasteiger partial charge in [-0.15, -0.1) is 0 Å². The van der Waals surface area contributed by atoms with Gasteiger partial charge < -0.3 is 9.80 Å². The molecule has 1 aromatic carbocycles. The minimum absolute atomic E-state index is 0.313. The Bertz CT molecular complexity index is 754. The Labute approximate surface area is 168 Å². The lowest BCUT2D eigenvalue weighted by Gasteiger charge is -2.47. The van der Waals surface area contributed by atoms with Crippen LogP contribution in [-0.2, 0) is 17.8 Å². The van der Waals surface area contributed by atoms with Gasteiger partial charge in [0.25, 0.3) is 0 Å². The standard InChI is InChI=1S/C24H31N3O/c28-23-8-11-24(20-27(23)19-22-9-14-25-15-10-22)12-17-26(18-13-24)16-4-7-21-5-2-1-3-6-21/h1-3,5-6,9-10,14-15H,4,7-8,11-13,16-20H2. The zero-order valence-corrected chi connectivity index (χ0v) is 16.7. The van der Waals surface area contributed by atoms with Crippen molar-refractivity contribution in [2.75, 3.05) is 26.2 Å². The second-order valence-corrected chi connectivity index (χ2v) is 8.54. The summed E-state index contributed by atoms with van der Waals surface area (Å²) in [4.78, 5) is 21.3. The van der Waals surface area contributed by atoms with Crippen molar-refractivity contribution >= 4 is 5.91 Å². The van der Waals surface area contributed by atoms with E-state index in [-0.39, 0.29) is 0 Å². The predicted molar refractivity (Wildman–Crippen MR) is 112 cm³/mol. The van der Waals surface area contributed by atoms with E-state index in [4.69, 9.17) is 0 Å². The fraction of sp³-hybridized carbons (Fsp3) is 0.500. The molecular weight excluding hydrogens is 346 g/mol. The molecule has 4 rings (SSSR count). The van der Waals surface area contributed by atoms with Crippen LogP contribution < -0.4 is 0 Å². The lowest BCUT2D eigenvalue weighted by Crippen LogP contribution is -2.51. The lowest BCUT2D eigenvalue weighted by molar-refractivity contribution is -0.139. The number of amides is 1. The fourth-order valence-electron chi connectivity index (χ4n) is 4.77. The molecule has 4 nitrogen and oxygen atoms in total. The zero-order valence-electron chi connectivity index (χ0n) is 16.7. The maximum absolute atomic E-state index is 12.5. The number of pyridine rings is 1.